The van der Waals surface area contributed by atoms with Crippen LogP contribution in [0.1, 0.15) is 74.1 Å². The predicted octanol–water partition coefficient (Wildman–Crippen LogP) is 2.53. The summed E-state index contributed by atoms with van der Waals surface area (Å²) in [6, 6.07) is -1.39. The molecule has 2 bridgehead atoms. The van der Waals surface area contributed by atoms with E-state index in [1.54, 1.807) is 32.8 Å². The highest BCUT2D eigenvalue weighted by Gasteiger charge is 2.58. The number of hydrogen-bond acceptors (Lipinski definition) is 12. The highest BCUT2D eigenvalue weighted by Crippen LogP contribution is 2.43. The van der Waals surface area contributed by atoms with Crippen LogP contribution in [0.15, 0.2) is 0 Å². The molecule has 0 radical (unpaired) electrons. The Morgan fingerprint density at radius 1 is 1.12 bits per heavy atom. The molecule has 0 aliphatic carbocycles. The van der Waals surface area contributed by atoms with Gasteiger partial charge in [-0.2, -0.15) is 13.2 Å². The van der Waals surface area contributed by atoms with Crippen LogP contribution in [-0.4, -0.2) is 134 Å². The minimum absolute atomic E-state index is 0.00256. The number of Topliss-reactive ketones (excluding diaryl/α,β-unsaturated/α-hetero) is 1. The maximum atomic E-state index is 14.6. The number of alkyl carbamates (subject to hydrolysis) is 1. The lowest BCUT2D eigenvalue weighted by atomic mass is 9.70. The van der Waals surface area contributed by atoms with Crippen molar-refractivity contribution in [2.24, 2.45) is 17.3 Å². The van der Waals surface area contributed by atoms with Gasteiger partial charge in [-0.1, -0.05) is 20.8 Å². The third-order valence-electron chi connectivity index (χ3n) is 11.1. The molecule has 288 valence electrons. The first-order valence-electron chi connectivity index (χ1n) is 17.7. The number of amides is 1. The topological polar surface area (TPSA) is 157 Å². The van der Waals surface area contributed by atoms with Crippen LogP contribution in [0, 0.1) is 17.3 Å². The van der Waals surface area contributed by atoms with Gasteiger partial charge >= 0.3 is 18.2 Å². The van der Waals surface area contributed by atoms with Gasteiger partial charge in [0.2, 0.25) is 0 Å². The average molecular weight is 723 g/mol. The number of ketones is 1. The fraction of sp³-hybridized carbons (Fsp3) is 0.912. The quantitative estimate of drug-likeness (QED) is 0.225. The molecule has 4 N–H and O–H groups in total. The third-order valence-corrected chi connectivity index (χ3v) is 11.1. The van der Waals surface area contributed by atoms with Crippen molar-refractivity contribution in [3.63, 3.8) is 0 Å². The Morgan fingerprint density at radius 3 is 2.42 bits per heavy atom. The third kappa shape index (κ3) is 8.58. The SMILES string of the molecule is CC[C@H]1OC(=O)[C@]2(C)CCO[C@](C)(C[C@@H](C)CN[C@H](C)[C@H]3NC(=O)O[C@@]31C)[C@H](O[C@@H]1O[C@H](CNCC(F)(F)F)C[C@H](N(C)C)[C@H]1O)[C@@H](C)C2=O. The van der Waals surface area contributed by atoms with E-state index in [4.69, 9.17) is 23.7 Å². The Kier molecular flexibility index (Phi) is 12.6. The molecule has 0 unspecified atom stereocenters. The zero-order valence-electron chi connectivity index (χ0n) is 30.7. The number of fused-ring (bicyclic) bond motifs is 10. The summed E-state index contributed by atoms with van der Waals surface area (Å²) in [5, 5.41) is 20.2. The van der Waals surface area contributed by atoms with Gasteiger partial charge in [0.05, 0.1) is 30.4 Å². The number of nitrogens with one attached hydrogen (secondary N) is 3. The lowest BCUT2D eigenvalue weighted by Crippen LogP contribution is -2.62. The molecular formula is C34H57F3N4O9. The number of alkyl halides is 3. The van der Waals surface area contributed by atoms with Crippen molar-refractivity contribution < 1.29 is 56.3 Å². The van der Waals surface area contributed by atoms with Gasteiger partial charge in [0.25, 0.3) is 0 Å². The van der Waals surface area contributed by atoms with Crippen LogP contribution in [0.4, 0.5) is 18.0 Å². The molecule has 50 heavy (non-hydrogen) atoms. The van der Waals surface area contributed by atoms with Crippen LogP contribution >= 0.6 is 0 Å². The van der Waals surface area contributed by atoms with Gasteiger partial charge in [0, 0.05) is 31.2 Å². The number of rotatable bonds is 7. The van der Waals surface area contributed by atoms with Crippen molar-refractivity contribution in [2.45, 2.75) is 140 Å². The number of ether oxygens (including phenoxy) is 5. The van der Waals surface area contributed by atoms with Gasteiger partial charge in [-0.25, -0.2) is 4.79 Å². The largest absolute Gasteiger partial charge is 0.457 e. The summed E-state index contributed by atoms with van der Waals surface area (Å²) in [5.74, 6) is -2.28. The van der Waals surface area contributed by atoms with E-state index in [0.717, 1.165) is 0 Å². The van der Waals surface area contributed by atoms with E-state index in [2.05, 4.69) is 16.0 Å². The number of aliphatic hydroxyl groups excluding tert-OH is 1. The fourth-order valence-electron chi connectivity index (χ4n) is 8.28. The van der Waals surface area contributed by atoms with Gasteiger partial charge in [-0.3, -0.25) is 9.59 Å². The predicted molar refractivity (Wildman–Crippen MR) is 175 cm³/mol. The molecule has 5 heterocycles. The van der Waals surface area contributed by atoms with Crippen LogP contribution in [-0.2, 0) is 33.3 Å². The molecule has 0 aromatic carbocycles. The number of aliphatic hydroxyl groups is 1. The van der Waals surface area contributed by atoms with Gasteiger partial charge in [0.15, 0.2) is 17.7 Å². The summed E-state index contributed by atoms with van der Waals surface area (Å²) in [6.07, 6.45) is -9.30. The van der Waals surface area contributed by atoms with Gasteiger partial charge < -0.3 is 49.6 Å². The zero-order chi connectivity index (χ0) is 37.4. The Balaban J connectivity index is 1.72. The molecule has 13 atom stereocenters. The van der Waals surface area contributed by atoms with Crippen LogP contribution in [0.3, 0.4) is 0 Å². The van der Waals surface area contributed by atoms with Crippen molar-refractivity contribution >= 4 is 17.8 Å². The summed E-state index contributed by atoms with van der Waals surface area (Å²) < 4.78 is 70.0. The van der Waals surface area contributed by atoms with Gasteiger partial charge in [-0.05, 0) is 79.9 Å². The Hall–Kier alpha value is -2.08. The van der Waals surface area contributed by atoms with Crippen LogP contribution in [0.2, 0.25) is 0 Å². The van der Waals surface area contributed by atoms with Crippen molar-refractivity contribution in [1.29, 1.82) is 0 Å². The lowest BCUT2D eigenvalue weighted by Gasteiger charge is -2.49. The summed E-state index contributed by atoms with van der Waals surface area (Å²) >= 11 is 0. The number of halogens is 3. The van der Waals surface area contributed by atoms with E-state index >= 15 is 0 Å². The monoisotopic (exact) mass is 722 g/mol. The summed E-state index contributed by atoms with van der Waals surface area (Å²) in [4.78, 5) is 43.0. The Bertz CT molecular complexity index is 1230. The lowest BCUT2D eigenvalue weighted by molar-refractivity contribution is -0.301. The number of hydrogen-bond donors (Lipinski definition) is 4. The number of carbonyl (C=O) groups excluding carboxylic acids is 3. The number of esters is 1. The van der Waals surface area contributed by atoms with E-state index in [0.29, 0.717) is 19.4 Å². The van der Waals surface area contributed by atoms with Crippen LogP contribution in [0.5, 0.6) is 0 Å². The highest BCUT2D eigenvalue weighted by atomic mass is 19.4. The van der Waals surface area contributed by atoms with Crippen molar-refractivity contribution in [2.75, 3.05) is 40.3 Å². The van der Waals surface area contributed by atoms with Gasteiger partial charge in [0.1, 0.15) is 17.6 Å². The number of likely N-dealkylation sites (N-methyl/N-ethyl adjacent to an activating group) is 1. The minimum atomic E-state index is -4.41. The summed E-state index contributed by atoms with van der Waals surface area (Å²) in [7, 11) is 3.50. The number of carbonyl (C=O) groups is 3. The average Bonchev–Trinajstić information content (AvgIpc) is 3.34. The normalized spacial score (nSPS) is 43.7. The first-order valence-corrected chi connectivity index (χ1v) is 17.7. The highest BCUT2D eigenvalue weighted by molar-refractivity contribution is 6.04. The van der Waals surface area contributed by atoms with Crippen LogP contribution in [0.25, 0.3) is 0 Å². The minimum Gasteiger partial charge on any atom is -0.457 e. The van der Waals surface area contributed by atoms with Crippen LogP contribution < -0.4 is 16.0 Å². The second kappa shape index (κ2) is 15.5. The molecule has 5 rings (SSSR count). The first kappa shape index (κ1) is 40.7. The Morgan fingerprint density at radius 2 is 1.80 bits per heavy atom. The maximum Gasteiger partial charge on any atom is 0.408 e. The van der Waals surface area contributed by atoms with E-state index in [-0.39, 0.29) is 38.0 Å². The van der Waals surface area contributed by atoms with E-state index in [9.17, 15) is 32.7 Å². The molecule has 5 aliphatic rings. The van der Waals surface area contributed by atoms with E-state index in [1.165, 1.54) is 6.92 Å². The molecule has 5 fully saturated rings. The van der Waals surface area contributed by atoms with Crippen molar-refractivity contribution in [3.8, 4) is 0 Å². The molecule has 0 saturated carbocycles. The second-order valence-corrected chi connectivity index (χ2v) is 15.6. The number of nitrogens with zero attached hydrogens (tertiary/aromatic N) is 1. The molecule has 0 aromatic rings. The Labute approximate surface area is 293 Å². The molecule has 16 heteroatoms. The molecular weight excluding hydrogens is 665 g/mol. The standard InChI is InChI=1S/C34H57F3N4O9/c1-10-23-33(7)25(40-30(45)50-33)20(4)39-15-18(2)14-32(6)27(19(3)26(43)31(5,11-12-46-32)29(44)48-23)49-28-24(42)22(41(8)9)13-21(47-28)16-38-17-34(35,36)37/h18-25,27-28,38-39,42H,10-17H2,1-9H3,(H,40,45)/t18-,19+,20-,21+,22+,23-,24-,25-,27-,28+,31-,32-,33-/m1/s1. The van der Waals surface area contributed by atoms with Crippen molar-refractivity contribution in [1.82, 2.24) is 20.9 Å². The molecule has 0 aromatic heterocycles. The fourth-order valence-corrected chi connectivity index (χ4v) is 8.28. The zero-order valence-corrected chi connectivity index (χ0v) is 30.7. The molecule has 13 nitrogen and oxygen atoms in total. The van der Waals surface area contributed by atoms with Crippen molar-refractivity contribution in [3.05, 3.63) is 0 Å². The molecule has 5 aliphatic heterocycles. The molecule has 1 amide bonds. The maximum absolute atomic E-state index is 14.6. The summed E-state index contributed by atoms with van der Waals surface area (Å²) in [6.45, 7) is 11.6. The smallest absolute Gasteiger partial charge is 0.408 e. The second-order valence-electron chi connectivity index (χ2n) is 15.6. The molecule has 0 spiro atoms. The van der Waals surface area contributed by atoms with E-state index in [1.807, 2.05) is 27.7 Å². The molecule has 5 saturated heterocycles. The first-order chi connectivity index (χ1) is 23.1. The summed E-state index contributed by atoms with van der Waals surface area (Å²) in [5.41, 5.74) is -4.03. The van der Waals surface area contributed by atoms with E-state index < -0.39 is 95.9 Å². The van der Waals surface area contributed by atoms with Gasteiger partial charge in [-0.15, -0.1) is 0 Å².